The summed E-state index contributed by atoms with van der Waals surface area (Å²) < 4.78 is 13.9. The molecule has 0 fully saturated rings. The van der Waals surface area contributed by atoms with Gasteiger partial charge in [-0.25, -0.2) is 49.2 Å². The summed E-state index contributed by atoms with van der Waals surface area (Å²) in [5.74, 6) is 4.77. The van der Waals surface area contributed by atoms with Crippen LogP contribution in [-0.4, -0.2) is 44.9 Å². The normalized spacial score (nSPS) is 11.5. The van der Waals surface area contributed by atoms with Crippen LogP contribution in [0.4, 0.5) is 4.39 Å². The van der Waals surface area contributed by atoms with Crippen molar-refractivity contribution in [3.63, 3.8) is 0 Å². The van der Waals surface area contributed by atoms with Crippen LogP contribution in [0.15, 0.2) is 103 Å². The molecule has 0 unspecified atom stereocenters. The van der Waals surface area contributed by atoms with Gasteiger partial charge < -0.3 is 0 Å². The monoisotopic (exact) mass is 687 g/mol. The van der Waals surface area contributed by atoms with Crippen LogP contribution in [0.1, 0.15) is 76.8 Å². The summed E-state index contributed by atoms with van der Waals surface area (Å²) in [6.45, 7) is 12.3. The summed E-state index contributed by atoms with van der Waals surface area (Å²) in [5.41, 5.74) is 4.59. The maximum atomic E-state index is 13.9. The third-order valence-electron chi connectivity index (χ3n) is 8.38. The highest BCUT2D eigenvalue weighted by Gasteiger charge is 2.20. The van der Waals surface area contributed by atoms with Gasteiger partial charge in [0.05, 0.1) is 0 Å². The first-order valence-corrected chi connectivity index (χ1v) is 17.4. The zero-order chi connectivity index (χ0) is 36.4. The zero-order valence-electron chi connectivity index (χ0n) is 29.9. The summed E-state index contributed by atoms with van der Waals surface area (Å²) >= 11 is 0. The van der Waals surface area contributed by atoms with E-state index in [4.69, 9.17) is 44.9 Å². The maximum absolute atomic E-state index is 13.9. The van der Waals surface area contributed by atoms with Gasteiger partial charge >= 0.3 is 0 Å². The Morgan fingerprint density at radius 3 is 0.885 bits per heavy atom. The van der Waals surface area contributed by atoms with Crippen LogP contribution >= 0.6 is 0 Å². The predicted octanol–water partition coefficient (Wildman–Crippen LogP) is 9.75. The summed E-state index contributed by atoms with van der Waals surface area (Å²) in [5, 5.41) is 0. The fourth-order valence-corrected chi connectivity index (χ4v) is 5.51. The molecule has 3 heterocycles. The molecule has 0 bridgehead atoms. The minimum Gasteiger partial charge on any atom is -0.213 e. The molecule has 0 aliphatic carbocycles. The second-order valence-electron chi connectivity index (χ2n) is 13.5. The molecule has 7 aromatic rings. The smallest absolute Gasteiger partial charge is 0.163 e. The van der Waals surface area contributed by atoms with Crippen LogP contribution in [0, 0.1) is 5.82 Å². The van der Waals surface area contributed by atoms with E-state index in [-0.39, 0.29) is 23.6 Å². The molecule has 3 aromatic heterocycles. The van der Waals surface area contributed by atoms with Crippen molar-refractivity contribution in [2.24, 2.45) is 0 Å². The Balaban J connectivity index is 1.49. The molecule has 0 atom stereocenters. The van der Waals surface area contributed by atoms with Crippen LogP contribution in [0.5, 0.6) is 0 Å². The van der Waals surface area contributed by atoms with Crippen molar-refractivity contribution in [2.75, 3.05) is 0 Å². The number of halogens is 1. The van der Waals surface area contributed by atoms with Crippen molar-refractivity contribution in [3.05, 3.63) is 126 Å². The Morgan fingerprint density at radius 1 is 0.327 bits per heavy atom. The zero-order valence-corrected chi connectivity index (χ0v) is 29.9. The molecule has 52 heavy (non-hydrogen) atoms. The average Bonchev–Trinajstić information content (AvgIpc) is 3.18. The van der Waals surface area contributed by atoms with Crippen molar-refractivity contribution < 1.29 is 4.39 Å². The second-order valence-corrected chi connectivity index (χ2v) is 13.5. The number of hydrogen-bond donors (Lipinski definition) is 0. The van der Waals surface area contributed by atoms with Gasteiger partial charge in [0.2, 0.25) is 0 Å². The Bertz CT molecular complexity index is 2230. The van der Waals surface area contributed by atoms with Crippen LogP contribution in [-0.2, 0) is 0 Å². The average molecular weight is 688 g/mol. The quantitative estimate of drug-likeness (QED) is 0.146. The molecule has 0 radical (unpaired) electrons. The van der Waals surface area contributed by atoms with Crippen LogP contribution in [0.2, 0.25) is 0 Å². The first-order chi connectivity index (χ1) is 25.1. The van der Waals surface area contributed by atoms with Crippen molar-refractivity contribution in [3.8, 4) is 68.3 Å². The summed E-state index contributed by atoms with van der Waals surface area (Å²) in [6, 6.07) is 31.9. The third kappa shape index (κ3) is 7.46. The van der Waals surface area contributed by atoms with Gasteiger partial charge in [0, 0.05) is 51.1 Å². The molecule has 9 nitrogen and oxygen atoms in total. The molecule has 10 heteroatoms. The molecule has 0 amide bonds. The first-order valence-electron chi connectivity index (χ1n) is 17.4. The fourth-order valence-electron chi connectivity index (χ4n) is 5.51. The Kier molecular flexibility index (Phi) is 9.63. The molecule has 0 N–H and O–H groups in total. The molecule has 4 aromatic carbocycles. The molecule has 258 valence electrons. The molecule has 0 spiro atoms. The lowest BCUT2D eigenvalue weighted by atomic mass is 10.0. The van der Waals surface area contributed by atoms with Crippen molar-refractivity contribution in [1.29, 1.82) is 0 Å². The van der Waals surface area contributed by atoms with E-state index in [2.05, 4.69) is 27.7 Å². The van der Waals surface area contributed by atoms with Crippen LogP contribution in [0.25, 0.3) is 68.3 Å². The Labute approximate surface area is 302 Å². The summed E-state index contributed by atoms with van der Waals surface area (Å²) in [4.78, 5) is 44.2. The van der Waals surface area contributed by atoms with Gasteiger partial charge in [-0.05, 0) is 42.5 Å². The van der Waals surface area contributed by atoms with E-state index in [0.717, 1.165) is 22.3 Å². The van der Waals surface area contributed by atoms with E-state index in [1.807, 2.05) is 92.7 Å². The number of nitrogens with zero attached hydrogens (tertiary/aromatic N) is 9. The standard InChI is InChI=1S/C42H38FN9/c1-24(2)34-44-37(27-13-9-7-10-14-27)50-40(47-34)30-21-31(41-48-35(25(3)4)45-38(51-41)28-15-11-8-12-16-28)23-32(22-30)42-49-36(26(5)6)46-39(52-42)29-17-19-33(43)20-18-29/h7-26H,1-6H3. The summed E-state index contributed by atoms with van der Waals surface area (Å²) in [7, 11) is 0. The van der Waals surface area contributed by atoms with Crippen molar-refractivity contribution in [2.45, 2.75) is 59.3 Å². The van der Waals surface area contributed by atoms with Gasteiger partial charge in [-0.1, -0.05) is 102 Å². The fraction of sp³-hybridized carbons (Fsp3) is 0.214. The predicted molar refractivity (Wildman–Crippen MR) is 201 cm³/mol. The largest absolute Gasteiger partial charge is 0.213 e. The first kappa shape index (κ1) is 34.3. The van der Waals surface area contributed by atoms with Gasteiger partial charge in [-0.2, -0.15) is 0 Å². The van der Waals surface area contributed by atoms with Gasteiger partial charge in [0.15, 0.2) is 34.9 Å². The highest BCUT2D eigenvalue weighted by atomic mass is 19.1. The van der Waals surface area contributed by atoms with Crippen molar-refractivity contribution in [1.82, 2.24) is 44.9 Å². The topological polar surface area (TPSA) is 116 Å². The van der Waals surface area contributed by atoms with Gasteiger partial charge in [0.1, 0.15) is 23.3 Å². The molecular weight excluding hydrogens is 650 g/mol. The molecule has 0 saturated carbocycles. The SMILES string of the molecule is CC(C)c1nc(-c2ccccc2)nc(-c2cc(-c3nc(-c4ccccc4)nc(C(C)C)n3)cc(-c3nc(-c4ccc(F)cc4)nc(C(C)C)n3)c2)n1. The third-order valence-corrected chi connectivity index (χ3v) is 8.38. The van der Waals surface area contributed by atoms with Gasteiger partial charge in [-0.15, -0.1) is 0 Å². The van der Waals surface area contributed by atoms with Gasteiger partial charge in [-0.3, -0.25) is 0 Å². The lowest BCUT2D eigenvalue weighted by Gasteiger charge is -2.14. The summed E-state index contributed by atoms with van der Waals surface area (Å²) in [6.07, 6.45) is 0. The number of rotatable bonds is 9. The van der Waals surface area contributed by atoms with Crippen LogP contribution < -0.4 is 0 Å². The molecule has 0 aliphatic heterocycles. The molecule has 7 rings (SSSR count). The van der Waals surface area contributed by atoms with E-state index in [9.17, 15) is 4.39 Å². The molecule has 0 saturated heterocycles. The lowest BCUT2D eigenvalue weighted by Crippen LogP contribution is -2.07. The van der Waals surface area contributed by atoms with Gasteiger partial charge in [0.25, 0.3) is 0 Å². The van der Waals surface area contributed by atoms with E-state index < -0.39 is 0 Å². The molecule has 0 aliphatic rings. The van der Waals surface area contributed by atoms with E-state index in [1.54, 1.807) is 12.1 Å². The Morgan fingerprint density at radius 2 is 0.596 bits per heavy atom. The van der Waals surface area contributed by atoms with Crippen LogP contribution in [0.3, 0.4) is 0 Å². The highest BCUT2D eigenvalue weighted by Crippen LogP contribution is 2.33. The minimum atomic E-state index is -0.333. The second kappa shape index (κ2) is 14.6. The Hall–Kier alpha value is -6.16. The molecular formula is C42H38FN9. The number of aromatic nitrogens is 9. The van der Waals surface area contributed by atoms with E-state index in [1.165, 1.54) is 12.1 Å². The number of benzene rings is 4. The highest BCUT2D eigenvalue weighted by molar-refractivity contribution is 5.77. The van der Waals surface area contributed by atoms with E-state index >= 15 is 0 Å². The minimum absolute atomic E-state index is 0.000255. The number of hydrogen-bond acceptors (Lipinski definition) is 9. The lowest BCUT2D eigenvalue weighted by molar-refractivity contribution is 0.628. The van der Waals surface area contributed by atoms with Crippen molar-refractivity contribution >= 4 is 0 Å². The maximum Gasteiger partial charge on any atom is 0.163 e. The van der Waals surface area contributed by atoms with E-state index in [0.29, 0.717) is 63.5 Å².